The topological polar surface area (TPSA) is 67.0 Å². The molecule has 0 bridgehead atoms. The van der Waals surface area contributed by atoms with E-state index < -0.39 is 0 Å². The zero-order chi connectivity index (χ0) is 18.6. The second-order valence-corrected chi connectivity index (χ2v) is 7.95. The van der Waals surface area contributed by atoms with Crippen LogP contribution in [0.3, 0.4) is 0 Å². The number of aliphatic imine (C=N–C) groups is 1. The molecule has 0 saturated carbocycles. The first-order chi connectivity index (χ1) is 12.5. The number of nitrogens with two attached hydrogens (primary N) is 1. The van der Waals surface area contributed by atoms with Crippen LogP contribution in [0, 0.1) is 0 Å². The molecule has 1 fully saturated rings. The largest absolute Gasteiger partial charge is 0.497 e. The zero-order valence-corrected chi connectivity index (χ0v) is 19.2. The summed E-state index contributed by atoms with van der Waals surface area (Å²) in [5.41, 5.74) is 7.41. The minimum Gasteiger partial charge on any atom is -0.497 e. The molecular weight excluding hydrogens is 473 g/mol. The maximum absolute atomic E-state index is 6.27. The second-order valence-electron chi connectivity index (χ2n) is 7.08. The lowest BCUT2D eigenvalue weighted by molar-refractivity contribution is 0.378. The Morgan fingerprint density at radius 2 is 1.89 bits per heavy atom. The monoisotopic (exact) mass is 501 g/mol. The summed E-state index contributed by atoms with van der Waals surface area (Å²) < 4.78 is 5.23. The van der Waals surface area contributed by atoms with Crippen molar-refractivity contribution in [2.75, 3.05) is 44.7 Å². The van der Waals surface area contributed by atoms with Gasteiger partial charge in [-0.1, -0.05) is 26.0 Å². The van der Waals surface area contributed by atoms with Gasteiger partial charge in [0.1, 0.15) is 5.75 Å². The average molecular weight is 501 g/mol. The van der Waals surface area contributed by atoms with Gasteiger partial charge in [-0.05, 0) is 17.7 Å². The molecule has 3 rings (SSSR count). The molecule has 1 aromatic carbocycles. The van der Waals surface area contributed by atoms with Gasteiger partial charge < -0.3 is 20.3 Å². The van der Waals surface area contributed by atoms with E-state index in [1.54, 1.807) is 18.4 Å². The predicted molar refractivity (Wildman–Crippen MR) is 124 cm³/mol. The summed E-state index contributed by atoms with van der Waals surface area (Å²) >= 11 is 1.68. The number of ether oxygens (including phenoxy) is 1. The first-order valence-corrected chi connectivity index (χ1v) is 9.71. The molecule has 1 aromatic heterocycles. The van der Waals surface area contributed by atoms with Crippen LogP contribution in [0.15, 0.2) is 40.8 Å². The van der Waals surface area contributed by atoms with Gasteiger partial charge in [0.25, 0.3) is 0 Å². The summed E-state index contributed by atoms with van der Waals surface area (Å²) in [5.74, 6) is 1.50. The van der Waals surface area contributed by atoms with Gasteiger partial charge in [-0.15, -0.1) is 35.3 Å². The van der Waals surface area contributed by atoms with Gasteiger partial charge in [0.2, 0.25) is 0 Å². The van der Waals surface area contributed by atoms with Crippen molar-refractivity contribution in [1.82, 2.24) is 9.88 Å². The summed E-state index contributed by atoms with van der Waals surface area (Å²) in [7, 11) is 1.68. The molecule has 1 aliphatic rings. The summed E-state index contributed by atoms with van der Waals surface area (Å²) in [6, 6.07) is 8.17. The van der Waals surface area contributed by atoms with Crippen molar-refractivity contribution in [3.8, 4) is 5.75 Å². The van der Waals surface area contributed by atoms with Gasteiger partial charge in [-0.2, -0.15) is 0 Å². The number of rotatable bonds is 5. The van der Waals surface area contributed by atoms with Crippen LogP contribution in [-0.2, 0) is 5.41 Å². The van der Waals surface area contributed by atoms with E-state index in [4.69, 9.17) is 10.5 Å². The van der Waals surface area contributed by atoms with Crippen molar-refractivity contribution in [2.24, 2.45) is 10.7 Å². The molecule has 0 atom stereocenters. The fourth-order valence-corrected chi connectivity index (χ4v) is 3.71. The molecule has 8 heteroatoms. The fourth-order valence-electron chi connectivity index (χ4n) is 3.01. The van der Waals surface area contributed by atoms with Crippen LogP contribution in [0.4, 0.5) is 5.13 Å². The minimum atomic E-state index is -0.0837. The zero-order valence-electron chi connectivity index (χ0n) is 16.1. The normalized spacial score (nSPS) is 15.4. The smallest absolute Gasteiger partial charge is 0.191 e. The lowest BCUT2D eigenvalue weighted by atomic mass is 9.85. The minimum absolute atomic E-state index is 0. The molecule has 0 spiro atoms. The third-order valence-corrected chi connectivity index (χ3v) is 5.63. The first-order valence-electron chi connectivity index (χ1n) is 8.83. The summed E-state index contributed by atoms with van der Waals surface area (Å²) in [6.07, 6.45) is 1.85. The predicted octanol–water partition coefficient (Wildman–Crippen LogP) is 3.18. The molecule has 0 amide bonds. The van der Waals surface area contributed by atoms with E-state index in [1.807, 2.05) is 23.7 Å². The van der Waals surface area contributed by atoms with Gasteiger partial charge in [0.05, 0.1) is 13.7 Å². The van der Waals surface area contributed by atoms with Gasteiger partial charge in [0, 0.05) is 43.2 Å². The van der Waals surface area contributed by atoms with Crippen molar-refractivity contribution in [3.63, 3.8) is 0 Å². The molecule has 0 aliphatic carbocycles. The number of hydrogen-bond donors (Lipinski definition) is 1. The van der Waals surface area contributed by atoms with E-state index in [9.17, 15) is 0 Å². The third-order valence-electron chi connectivity index (χ3n) is 4.80. The van der Waals surface area contributed by atoms with Gasteiger partial charge in [0.15, 0.2) is 11.1 Å². The Hall–Kier alpha value is -1.55. The van der Waals surface area contributed by atoms with Crippen LogP contribution >= 0.6 is 35.3 Å². The Labute approximate surface area is 182 Å². The summed E-state index contributed by atoms with van der Waals surface area (Å²) in [4.78, 5) is 13.5. The lowest BCUT2D eigenvalue weighted by Crippen LogP contribution is -2.51. The molecule has 27 heavy (non-hydrogen) atoms. The second kappa shape index (κ2) is 9.59. The van der Waals surface area contributed by atoms with Crippen molar-refractivity contribution in [3.05, 3.63) is 41.4 Å². The molecule has 1 saturated heterocycles. The standard InChI is InChI=1S/C19H27N5OS.HI/c1-19(2,15-4-6-16(25-3)7-5-15)14-22-17(20)23-9-11-24(12-10-23)18-21-8-13-26-18;/h4-8,13H,9-12,14H2,1-3H3,(H2,20,22);1H. The number of piperazine rings is 1. The highest BCUT2D eigenvalue weighted by Crippen LogP contribution is 2.25. The van der Waals surface area contributed by atoms with Crippen LogP contribution in [-0.4, -0.2) is 55.7 Å². The van der Waals surface area contributed by atoms with E-state index >= 15 is 0 Å². The fraction of sp³-hybridized carbons (Fsp3) is 0.474. The van der Waals surface area contributed by atoms with E-state index in [-0.39, 0.29) is 29.4 Å². The van der Waals surface area contributed by atoms with E-state index in [0.717, 1.165) is 37.1 Å². The van der Waals surface area contributed by atoms with Crippen LogP contribution in [0.25, 0.3) is 0 Å². The van der Waals surface area contributed by atoms with Crippen LogP contribution in [0.5, 0.6) is 5.75 Å². The Balaban J connectivity index is 0.00000261. The number of thiazole rings is 1. The third kappa shape index (κ3) is 5.47. The molecule has 0 radical (unpaired) electrons. The number of nitrogens with zero attached hydrogens (tertiary/aromatic N) is 4. The first kappa shape index (κ1) is 21.7. The van der Waals surface area contributed by atoms with Crippen molar-refractivity contribution < 1.29 is 4.74 Å². The van der Waals surface area contributed by atoms with Crippen molar-refractivity contribution in [1.29, 1.82) is 0 Å². The highest BCUT2D eigenvalue weighted by atomic mass is 127. The molecule has 0 unspecified atom stereocenters. The summed E-state index contributed by atoms with van der Waals surface area (Å²) in [5, 5.41) is 3.10. The van der Waals surface area contributed by atoms with Crippen molar-refractivity contribution in [2.45, 2.75) is 19.3 Å². The lowest BCUT2D eigenvalue weighted by Gasteiger charge is -2.35. The van der Waals surface area contributed by atoms with Crippen molar-refractivity contribution >= 4 is 46.4 Å². The number of hydrogen-bond acceptors (Lipinski definition) is 5. The van der Waals surface area contributed by atoms with Crippen LogP contribution in [0.1, 0.15) is 19.4 Å². The van der Waals surface area contributed by atoms with E-state index in [2.05, 4.69) is 45.8 Å². The number of aromatic nitrogens is 1. The Morgan fingerprint density at radius 1 is 1.22 bits per heavy atom. The average Bonchev–Trinajstić information content (AvgIpc) is 3.21. The molecule has 2 heterocycles. The maximum atomic E-state index is 6.27. The maximum Gasteiger partial charge on any atom is 0.191 e. The van der Waals surface area contributed by atoms with Gasteiger partial charge in [-0.25, -0.2) is 4.98 Å². The quantitative estimate of drug-likeness (QED) is 0.388. The molecule has 6 nitrogen and oxygen atoms in total. The Bertz CT molecular complexity index is 725. The Kier molecular flexibility index (Phi) is 7.72. The highest BCUT2D eigenvalue weighted by Gasteiger charge is 2.23. The number of guanidine groups is 1. The van der Waals surface area contributed by atoms with Crippen LogP contribution in [0.2, 0.25) is 0 Å². The van der Waals surface area contributed by atoms with E-state index in [0.29, 0.717) is 12.5 Å². The number of benzene rings is 1. The summed E-state index contributed by atoms with van der Waals surface area (Å²) in [6.45, 7) is 8.61. The molecule has 148 valence electrons. The molecule has 1 aliphatic heterocycles. The molecule has 2 N–H and O–H groups in total. The van der Waals surface area contributed by atoms with Gasteiger partial charge >= 0.3 is 0 Å². The Morgan fingerprint density at radius 3 is 2.44 bits per heavy atom. The highest BCUT2D eigenvalue weighted by molar-refractivity contribution is 14.0. The molecular formula is C19H28IN5OS. The van der Waals surface area contributed by atoms with E-state index in [1.165, 1.54) is 5.56 Å². The number of anilines is 1. The SMILES string of the molecule is COc1ccc(C(C)(C)CN=C(N)N2CCN(c3nccs3)CC2)cc1.I. The van der Waals surface area contributed by atoms with Crippen LogP contribution < -0.4 is 15.4 Å². The number of halogens is 1. The molecule has 2 aromatic rings. The van der Waals surface area contributed by atoms with Gasteiger partial charge in [-0.3, -0.25) is 4.99 Å². The number of methoxy groups -OCH3 is 1.